The average molecular weight is 370 g/mol. The molecule has 3 aromatic rings. The molecule has 0 saturated heterocycles. The fourth-order valence-electron chi connectivity index (χ4n) is 2.21. The van der Waals surface area contributed by atoms with E-state index in [9.17, 15) is 4.79 Å². The summed E-state index contributed by atoms with van der Waals surface area (Å²) in [6.45, 7) is 4.35. The van der Waals surface area contributed by atoms with Crippen LogP contribution in [-0.4, -0.2) is 17.4 Å². The van der Waals surface area contributed by atoms with Gasteiger partial charge in [0.1, 0.15) is 0 Å². The number of rotatable bonds is 6. The Kier molecular flexibility index (Phi) is 5.48. The molecule has 25 heavy (non-hydrogen) atoms. The topological polar surface area (TPSA) is 54.0 Å². The zero-order valence-corrected chi connectivity index (χ0v) is 14.9. The van der Waals surface area contributed by atoms with Gasteiger partial charge in [-0.1, -0.05) is 29.8 Å². The highest BCUT2D eigenvalue weighted by atomic mass is 35.5. The molecule has 3 rings (SSSR count). The number of nitrogens with one attached hydrogen (secondary N) is 2. The van der Waals surface area contributed by atoms with E-state index in [1.165, 1.54) is 11.3 Å². The van der Waals surface area contributed by atoms with Crippen LogP contribution in [0.2, 0.25) is 5.02 Å². The summed E-state index contributed by atoms with van der Waals surface area (Å²) < 4.78 is 0. The molecule has 0 saturated carbocycles. The van der Waals surface area contributed by atoms with Gasteiger partial charge in [-0.25, -0.2) is 4.98 Å². The minimum atomic E-state index is -0.180. The number of carbonyl (C=O) groups is 1. The Morgan fingerprint density at radius 3 is 2.80 bits per heavy atom. The van der Waals surface area contributed by atoms with Gasteiger partial charge < -0.3 is 10.6 Å². The summed E-state index contributed by atoms with van der Waals surface area (Å²) in [5.41, 5.74) is 3.07. The minimum Gasteiger partial charge on any atom is -0.358 e. The van der Waals surface area contributed by atoms with Crippen LogP contribution in [0.25, 0.3) is 11.3 Å². The first kappa shape index (κ1) is 17.2. The molecule has 0 aliphatic carbocycles. The highest BCUT2D eigenvalue weighted by molar-refractivity contribution is 7.14. The Hall–Kier alpha value is -2.63. The third-order valence-electron chi connectivity index (χ3n) is 3.42. The molecule has 0 fully saturated rings. The fraction of sp³-hybridized carbons (Fsp3) is 0.0526. The Balaban J connectivity index is 1.75. The molecular formula is C19H16ClN3OS. The molecule has 0 spiro atoms. The summed E-state index contributed by atoms with van der Waals surface area (Å²) in [5.74, 6) is -0.180. The van der Waals surface area contributed by atoms with Crippen molar-refractivity contribution < 1.29 is 4.79 Å². The number of anilines is 2. The van der Waals surface area contributed by atoms with Gasteiger partial charge in [0.15, 0.2) is 5.13 Å². The lowest BCUT2D eigenvalue weighted by molar-refractivity contribution is 0.102. The summed E-state index contributed by atoms with van der Waals surface area (Å²) in [6.07, 6.45) is 1.79. The van der Waals surface area contributed by atoms with Crippen molar-refractivity contribution in [2.75, 3.05) is 17.2 Å². The molecule has 126 valence electrons. The van der Waals surface area contributed by atoms with Crippen LogP contribution in [0.5, 0.6) is 0 Å². The molecule has 0 aliphatic heterocycles. The third kappa shape index (κ3) is 4.47. The summed E-state index contributed by atoms with van der Waals surface area (Å²) in [7, 11) is 0. The SMILES string of the molecule is C=CCNc1nc(-c2cccc(NC(=O)c3ccc(Cl)cc3)c2)cs1. The zero-order valence-electron chi connectivity index (χ0n) is 13.3. The van der Waals surface area contributed by atoms with Crippen molar-refractivity contribution in [2.45, 2.75) is 0 Å². The molecule has 0 aliphatic rings. The normalized spacial score (nSPS) is 10.3. The van der Waals surface area contributed by atoms with Crippen molar-refractivity contribution in [3.63, 3.8) is 0 Å². The summed E-state index contributed by atoms with van der Waals surface area (Å²) in [5, 5.41) is 9.48. The Labute approximate surface area is 155 Å². The lowest BCUT2D eigenvalue weighted by Crippen LogP contribution is -2.11. The van der Waals surface area contributed by atoms with Crippen molar-refractivity contribution in [1.29, 1.82) is 0 Å². The lowest BCUT2D eigenvalue weighted by atomic mass is 10.1. The van der Waals surface area contributed by atoms with Crippen LogP contribution in [-0.2, 0) is 0 Å². The van der Waals surface area contributed by atoms with Gasteiger partial charge in [0.25, 0.3) is 5.91 Å². The maximum atomic E-state index is 12.3. The van der Waals surface area contributed by atoms with Gasteiger partial charge in [-0.15, -0.1) is 17.9 Å². The maximum absolute atomic E-state index is 12.3. The van der Waals surface area contributed by atoms with E-state index >= 15 is 0 Å². The van der Waals surface area contributed by atoms with Crippen molar-refractivity contribution in [1.82, 2.24) is 4.98 Å². The van der Waals surface area contributed by atoms with E-state index in [1.54, 1.807) is 30.3 Å². The molecule has 1 aromatic heterocycles. The predicted octanol–water partition coefficient (Wildman–Crippen LogP) is 5.31. The number of halogens is 1. The fourth-order valence-corrected chi connectivity index (χ4v) is 3.06. The molecular weight excluding hydrogens is 354 g/mol. The molecule has 1 amide bonds. The number of aromatic nitrogens is 1. The van der Waals surface area contributed by atoms with Gasteiger partial charge in [-0.2, -0.15) is 0 Å². The lowest BCUT2D eigenvalue weighted by Gasteiger charge is -2.07. The number of thiazole rings is 1. The van der Waals surface area contributed by atoms with Crippen molar-refractivity contribution in [3.05, 3.63) is 77.2 Å². The molecule has 2 N–H and O–H groups in total. The first-order valence-electron chi connectivity index (χ1n) is 7.63. The van der Waals surface area contributed by atoms with Gasteiger partial charge in [0.2, 0.25) is 0 Å². The number of nitrogens with zero attached hydrogens (tertiary/aromatic N) is 1. The summed E-state index contributed by atoms with van der Waals surface area (Å²) in [6, 6.07) is 14.4. The first-order valence-corrected chi connectivity index (χ1v) is 8.89. The van der Waals surface area contributed by atoms with Crippen LogP contribution in [0.4, 0.5) is 10.8 Å². The van der Waals surface area contributed by atoms with E-state index in [2.05, 4.69) is 22.2 Å². The van der Waals surface area contributed by atoms with E-state index in [4.69, 9.17) is 11.6 Å². The highest BCUT2D eigenvalue weighted by Crippen LogP contribution is 2.27. The molecule has 0 bridgehead atoms. The molecule has 1 heterocycles. The van der Waals surface area contributed by atoms with Crippen LogP contribution >= 0.6 is 22.9 Å². The maximum Gasteiger partial charge on any atom is 0.255 e. The van der Waals surface area contributed by atoms with Crippen molar-refractivity contribution >= 4 is 39.7 Å². The van der Waals surface area contributed by atoms with Crippen LogP contribution in [0.3, 0.4) is 0 Å². The highest BCUT2D eigenvalue weighted by Gasteiger charge is 2.08. The predicted molar refractivity (Wildman–Crippen MR) is 106 cm³/mol. The van der Waals surface area contributed by atoms with Crippen molar-refractivity contribution in [3.8, 4) is 11.3 Å². The molecule has 2 aromatic carbocycles. The molecule has 4 nitrogen and oxygen atoms in total. The smallest absolute Gasteiger partial charge is 0.255 e. The number of benzene rings is 2. The number of hydrogen-bond donors (Lipinski definition) is 2. The summed E-state index contributed by atoms with van der Waals surface area (Å²) >= 11 is 7.38. The van der Waals surface area contributed by atoms with E-state index in [1.807, 2.05) is 29.6 Å². The minimum absolute atomic E-state index is 0.180. The standard InChI is InChI=1S/C19H16ClN3OS/c1-2-10-21-19-23-17(12-25-19)14-4-3-5-16(11-14)22-18(24)13-6-8-15(20)9-7-13/h2-9,11-12H,1,10H2,(H,21,23)(H,22,24). The van der Waals surface area contributed by atoms with Gasteiger partial charge in [0, 0.05) is 33.8 Å². The number of amides is 1. The second-order valence-corrected chi connectivity index (χ2v) is 6.54. The van der Waals surface area contributed by atoms with Gasteiger partial charge in [-0.3, -0.25) is 4.79 Å². The molecule has 0 radical (unpaired) electrons. The van der Waals surface area contributed by atoms with Crippen LogP contribution in [0.15, 0.2) is 66.6 Å². The van der Waals surface area contributed by atoms with Gasteiger partial charge >= 0.3 is 0 Å². The zero-order chi connectivity index (χ0) is 17.6. The first-order chi connectivity index (χ1) is 12.2. The largest absolute Gasteiger partial charge is 0.358 e. The van der Waals surface area contributed by atoms with Crippen LogP contribution in [0, 0.1) is 0 Å². The van der Waals surface area contributed by atoms with Crippen LogP contribution in [0.1, 0.15) is 10.4 Å². The summed E-state index contributed by atoms with van der Waals surface area (Å²) in [4.78, 5) is 16.8. The number of carbonyl (C=O) groups excluding carboxylic acids is 1. The van der Waals surface area contributed by atoms with Crippen LogP contribution < -0.4 is 10.6 Å². The van der Waals surface area contributed by atoms with Gasteiger partial charge in [0.05, 0.1) is 5.69 Å². The van der Waals surface area contributed by atoms with E-state index in [0.29, 0.717) is 22.8 Å². The number of hydrogen-bond acceptors (Lipinski definition) is 4. The Bertz CT molecular complexity index is 890. The Morgan fingerprint density at radius 2 is 2.04 bits per heavy atom. The molecule has 0 unspecified atom stereocenters. The Morgan fingerprint density at radius 1 is 1.24 bits per heavy atom. The molecule has 6 heteroatoms. The second-order valence-electron chi connectivity index (χ2n) is 5.25. The van der Waals surface area contributed by atoms with E-state index < -0.39 is 0 Å². The third-order valence-corrected chi connectivity index (χ3v) is 4.48. The quantitative estimate of drug-likeness (QED) is 0.578. The van der Waals surface area contributed by atoms with Crippen molar-refractivity contribution in [2.24, 2.45) is 0 Å². The monoisotopic (exact) mass is 369 g/mol. The second kappa shape index (κ2) is 7.96. The van der Waals surface area contributed by atoms with Gasteiger partial charge in [-0.05, 0) is 36.4 Å². The average Bonchev–Trinajstić information content (AvgIpc) is 3.10. The van der Waals surface area contributed by atoms with E-state index in [-0.39, 0.29) is 5.91 Å². The van der Waals surface area contributed by atoms with E-state index in [0.717, 1.165) is 16.4 Å². The molecule has 0 atom stereocenters.